The van der Waals surface area contributed by atoms with Gasteiger partial charge in [0, 0.05) is 49.3 Å². The van der Waals surface area contributed by atoms with Crippen molar-refractivity contribution in [1.82, 2.24) is 36.8 Å². The molecule has 6 rings (SSSR count). The Morgan fingerprint density at radius 1 is 0.688 bits per heavy atom. The molecule has 0 aromatic heterocycles. The number of amides is 10. The topological polar surface area (TPSA) is 409 Å². The lowest BCUT2D eigenvalue weighted by Gasteiger charge is -2.43. The van der Waals surface area contributed by atoms with Crippen LogP contribution in [0.15, 0.2) is 59.6 Å². The van der Waals surface area contributed by atoms with Gasteiger partial charge in [-0.05, 0) is 92.9 Å². The van der Waals surface area contributed by atoms with Crippen LogP contribution in [0.5, 0.6) is 5.75 Å². The molecule has 7 atom stereocenters. The summed E-state index contributed by atoms with van der Waals surface area (Å²) < 4.78 is -0.751. The highest BCUT2D eigenvalue weighted by Gasteiger charge is 2.50. The van der Waals surface area contributed by atoms with Gasteiger partial charge in [0.15, 0.2) is 5.96 Å². The van der Waals surface area contributed by atoms with Crippen molar-refractivity contribution in [3.05, 3.63) is 65.7 Å². The van der Waals surface area contributed by atoms with Gasteiger partial charge in [-0.3, -0.25) is 52.9 Å². The van der Waals surface area contributed by atoms with Crippen molar-refractivity contribution in [2.24, 2.45) is 45.5 Å². The maximum Gasteiger partial charge on any atom is 0.246 e. The number of phenolic OH excluding ortho intramolecular Hbond substituents is 1. The third-order valence-corrected chi connectivity index (χ3v) is 18.7. The van der Waals surface area contributed by atoms with E-state index in [1.807, 2.05) is 0 Å². The van der Waals surface area contributed by atoms with E-state index in [0.29, 0.717) is 24.0 Å². The molecule has 2 saturated heterocycles. The summed E-state index contributed by atoms with van der Waals surface area (Å²) in [7, 11) is 2.72. The summed E-state index contributed by atoms with van der Waals surface area (Å²) in [5.41, 5.74) is 28.9. The number of benzene rings is 2. The lowest BCUT2D eigenvalue weighted by Crippen LogP contribution is -2.61. The van der Waals surface area contributed by atoms with Gasteiger partial charge in [-0.1, -0.05) is 89.7 Å². The number of hydrogen-bond donors (Lipinski definition) is 12. The minimum atomic E-state index is -1.75. The number of guanidine groups is 1. The molecule has 0 radical (unpaired) electrons. The normalized spacial score (nSPS) is 24.2. The number of carbonyl (C=O) groups is 10. The SMILES string of the molecule is NC(=O)CC[C@H]1NC(=O)[C@H](Cc2ccccc2)NC(=O)[C@@H](Cc2ccc(O)cc2)NC(=O)CC(C2CCCC2)(C2CCCC2)SSC[C@@H](C(=O)N2CCC[C@@H]2C(=O)N[C@@H](CCCN=C(N)N)C(N)=O)NC(=O)[C@H](CC(N)=O)NC1=O. The first-order valence-corrected chi connectivity index (χ1v) is 29.7. The minimum Gasteiger partial charge on any atom is -0.508 e. The number of primary amides is 3. The molecule has 4 aliphatic rings. The fraction of sp³-hybridized carbons (Fsp3) is 0.574. The number of likely N-dealkylation sites (tertiary alicyclic amines) is 1. The Bertz CT molecular complexity index is 2550. The van der Waals surface area contributed by atoms with E-state index >= 15 is 9.59 Å². The largest absolute Gasteiger partial charge is 0.508 e. The highest BCUT2D eigenvalue weighted by Crippen LogP contribution is 2.57. The molecule has 2 aromatic rings. The third kappa shape index (κ3) is 18.0. The van der Waals surface area contributed by atoms with Crippen LogP contribution in [0.4, 0.5) is 0 Å². The second kappa shape index (κ2) is 29.9. The number of nitrogens with zero attached hydrogens (tertiary/aromatic N) is 2. The minimum absolute atomic E-state index is 0.0163. The van der Waals surface area contributed by atoms with Gasteiger partial charge in [0.2, 0.25) is 59.1 Å². The Balaban J connectivity index is 1.42. The average molecular weight is 1150 g/mol. The second-order valence-corrected chi connectivity index (χ2v) is 23.9. The maximum atomic E-state index is 15.1. The van der Waals surface area contributed by atoms with Gasteiger partial charge in [0.05, 0.1) is 6.42 Å². The quantitative estimate of drug-likeness (QED) is 0.0371. The zero-order valence-corrected chi connectivity index (χ0v) is 46.5. The van der Waals surface area contributed by atoms with E-state index in [9.17, 15) is 43.5 Å². The molecule has 2 aliphatic heterocycles. The van der Waals surface area contributed by atoms with E-state index in [0.717, 1.165) is 51.4 Å². The van der Waals surface area contributed by atoms with Gasteiger partial charge in [-0.15, -0.1) is 0 Å². The summed E-state index contributed by atoms with van der Waals surface area (Å²) >= 11 is 0. The first kappa shape index (κ1) is 62.1. The molecule has 26 heteroatoms. The van der Waals surface area contributed by atoms with Crippen LogP contribution in [0.25, 0.3) is 0 Å². The van der Waals surface area contributed by atoms with Crippen LogP contribution in [-0.4, -0.2) is 141 Å². The van der Waals surface area contributed by atoms with Gasteiger partial charge in [-0.25, -0.2) is 0 Å². The molecule has 10 amide bonds. The van der Waals surface area contributed by atoms with Gasteiger partial charge in [0.1, 0.15) is 48.0 Å². The molecule has 0 spiro atoms. The number of carbonyl (C=O) groups excluding carboxylic acids is 10. The van der Waals surface area contributed by atoms with E-state index < -0.39 is 125 Å². The predicted octanol–water partition coefficient (Wildman–Crippen LogP) is -0.339. The van der Waals surface area contributed by atoms with Crippen LogP contribution in [0.1, 0.15) is 114 Å². The molecule has 2 saturated carbocycles. The van der Waals surface area contributed by atoms with Crippen molar-refractivity contribution in [3.8, 4) is 5.75 Å². The number of nitrogens with one attached hydrogen (secondary N) is 6. The molecule has 2 heterocycles. The van der Waals surface area contributed by atoms with Crippen molar-refractivity contribution in [2.75, 3.05) is 18.8 Å². The zero-order valence-electron chi connectivity index (χ0n) is 44.9. The average Bonchev–Trinajstić information content (AvgIpc) is 4.36. The maximum absolute atomic E-state index is 15.1. The fourth-order valence-corrected chi connectivity index (χ4v) is 15.1. The Labute approximate surface area is 473 Å². The van der Waals surface area contributed by atoms with Crippen LogP contribution >= 0.6 is 21.6 Å². The summed E-state index contributed by atoms with van der Waals surface area (Å²) in [6.07, 6.45) is 6.07. The summed E-state index contributed by atoms with van der Waals surface area (Å²) in [6.45, 7) is 0.238. The summed E-state index contributed by atoms with van der Waals surface area (Å²) in [5, 5.41) is 26.5. The molecular weight excluding hydrogens is 1070 g/mol. The molecule has 0 unspecified atom stereocenters. The van der Waals surface area contributed by atoms with Crippen LogP contribution < -0.4 is 60.6 Å². The zero-order chi connectivity index (χ0) is 57.9. The predicted molar refractivity (Wildman–Crippen MR) is 301 cm³/mol. The molecule has 4 fully saturated rings. The number of aromatic hydroxyl groups is 1. The Morgan fingerprint density at radius 2 is 1.25 bits per heavy atom. The molecule has 17 N–H and O–H groups in total. The van der Waals surface area contributed by atoms with E-state index in [-0.39, 0.29) is 74.5 Å². The van der Waals surface area contributed by atoms with E-state index in [1.165, 1.54) is 38.6 Å². The van der Waals surface area contributed by atoms with Gasteiger partial charge in [-0.2, -0.15) is 0 Å². The van der Waals surface area contributed by atoms with Gasteiger partial charge in [0.25, 0.3) is 0 Å². The van der Waals surface area contributed by atoms with Gasteiger partial charge < -0.3 is 70.6 Å². The summed E-state index contributed by atoms with van der Waals surface area (Å²) in [6, 6.07) is 5.16. The summed E-state index contributed by atoms with van der Waals surface area (Å²) in [4.78, 5) is 145. The van der Waals surface area contributed by atoms with Crippen LogP contribution in [0.3, 0.4) is 0 Å². The van der Waals surface area contributed by atoms with Crippen LogP contribution in [-0.2, 0) is 60.8 Å². The van der Waals surface area contributed by atoms with Gasteiger partial charge >= 0.3 is 0 Å². The van der Waals surface area contributed by atoms with Crippen molar-refractivity contribution in [3.63, 3.8) is 0 Å². The number of aliphatic imine (C=N–C) groups is 1. The van der Waals surface area contributed by atoms with E-state index in [4.69, 9.17) is 28.7 Å². The molecule has 0 bridgehead atoms. The van der Waals surface area contributed by atoms with E-state index in [2.05, 4.69) is 36.9 Å². The van der Waals surface area contributed by atoms with E-state index in [1.54, 1.807) is 42.5 Å². The monoisotopic (exact) mass is 1150 g/mol. The number of hydrogen-bond acceptors (Lipinski definition) is 14. The van der Waals surface area contributed by atoms with Crippen molar-refractivity contribution in [2.45, 2.75) is 163 Å². The lowest BCUT2D eigenvalue weighted by molar-refractivity contribution is -0.142. The molecule has 2 aliphatic carbocycles. The van der Waals surface area contributed by atoms with Crippen molar-refractivity contribution >= 4 is 86.6 Å². The molecular formula is C54H77N13O11S2. The van der Waals surface area contributed by atoms with Crippen LogP contribution in [0.2, 0.25) is 0 Å². The fourth-order valence-electron chi connectivity index (χ4n) is 11.3. The second-order valence-electron chi connectivity index (χ2n) is 21.2. The first-order chi connectivity index (χ1) is 38.2. The molecule has 436 valence electrons. The molecule has 2 aromatic carbocycles. The van der Waals surface area contributed by atoms with Crippen molar-refractivity contribution in [1.29, 1.82) is 0 Å². The van der Waals surface area contributed by atoms with Crippen molar-refractivity contribution < 1.29 is 53.1 Å². The lowest BCUT2D eigenvalue weighted by atomic mass is 9.76. The highest BCUT2D eigenvalue weighted by molar-refractivity contribution is 8.77. The third-order valence-electron chi connectivity index (χ3n) is 15.3. The smallest absolute Gasteiger partial charge is 0.246 e. The Hall–Kier alpha value is -7.09. The summed E-state index contributed by atoms with van der Waals surface area (Å²) in [5.74, 6) is -8.40. The number of rotatable bonds is 19. The Kier molecular flexibility index (Phi) is 23.2. The molecule has 24 nitrogen and oxygen atoms in total. The van der Waals surface area contributed by atoms with Crippen LogP contribution in [0, 0.1) is 11.8 Å². The number of nitrogens with two attached hydrogens (primary N) is 5. The molecule has 80 heavy (non-hydrogen) atoms. The Morgan fingerprint density at radius 3 is 1.84 bits per heavy atom. The highest BCUT2D eigenvalue weighted by atomic mass is 33.1. The first-order valence-electron chi connectivity index (χ1n) is 27.4. The number of phenols is 1. The standard InChI is InChI=1S/C54H77N13O11S2/c55-43(69)23-22-37-47(73)65-40(28-44(56)70)50(76)66-41(52(78)67-25-9-17-42(67)51(77)62-36(46(57)72)16-8-24-60-53(58)59)30-79-80-54(33-12-4-5-13-33,34-14-6-7-15-34)29-45(71)61-38(27-32-18-20-35(68)21-19-32)48(74)64-39(49(75)63-37)26-31-10-2-1-3-11-31/h1-3,10-11,18-21,33-34,36-42,68H,4-9,12-17,22-30H2,(H2,55,69)(H2,56,70)(H2,57,72)(H,61,71)(H,62,77)(H,63,75)(H,64,74)(H,65,73)(H,66,76)(H4,58,59,60)/t36-,37+,38+,39-,40-,41-,42+/m0/s1.